The van der Waals surface area contributed by atoms with Gasteiger partial charge in [0.05, 0.1) is 11.4 Å². The SMILES string of the molecule is Nc1ccc(S(=O)(=O)Cc2cn3ccsc3n2)c(F)c1. The van der Waals surface area contributed by atoms with Crippen molar-refractivity contribution in [1.29, 1.82) is 0 Å². The number of imidazole rings is 1. The van der Waals surface area contributed by atoms with E-state index >= 15 is 0 Å². The quantitative estimate of drug-likeness (QED) is 0.751. The number of anilines is 1. The summed E-state index contributed by atoms with van der Waals surface area (Å²) in [6.07, 6.45) is 3.41. The molecule has 0 radical (unpaired) electrons. The molecule has 104 valence electrons. The van der Waals surface area contributed by atoms with Gasteiger partial charge in [-0.15, -0.1) is 11.3 Å². The molecule has 20 heavy (non-hydrogen) atoms. The van der Waals surface area contributed by atoms with E-state index in [0.29, 0.717) is 10.7 Å². The highest BCUT2D eigenvalue weighted by atomic mass is 32.2. The Morgan fingerprint density at radius 1 is 1.40 bits per heavy atom. The zero-order valence-electron chi connectivity index (χ0n) is 10.2. The number of fused-ring (bicyclic) bond motifs is 1. The monoisotopic (exact) mass is 311 g/mol. The van der Waals surface area contributed by atoms with Crippen molar-refractivity contribution in [3.05, 3.63) is 47.5 Å². The van der Waals surface area contributed by atoms with Crippen LogP contribution in [0.2, 0.25) is 0 Å². The van der Waals surface area contributed by atoms with Crippen molar-refractivity contribution in [3.8, 4) is 0 Å². The number of hydrogen-bond acceptors (Lipinski definition) is 5. The third-order valence-corrected chi connectivity index (χ3v) is 5.22. The van der Waals surface area contributed by atoms with E-state index in [4.69, 9.17) is 5.73 Å². The molecule has 0 aliphatic carbocycles. The van der Waals surface area contributed by atoms with Crippen LogP contribution in [0.25, 0.3) is 4.96 Å². The number of thiazole rings is 1. The molecule has 2 heterocycles. The minimum Gasteiger partial charge on any atom is -0.399 e. The summed E-state index contributed by atoms with van der Waals surface area (Å²) in [6.45, 7) is 0. The van der Waals surface area contributed by atoms with E-state index in [1.54, 1.807) is 16.8 Å². The largest absolute Gasteiger partial charge is 0.399 e. The maximum absolute atomic E-state index is 13.7. The average Bonchev–Trinajstić information content (AvgIpc) is 2.87. The molecule has 0 aliphatic heterocycles. The van der Waals surface area contributed by atoms with Crippen LogP contribution in [0.3, 0.4) is 0 Å². The van der Waals surface area contributed by atoms with E-state index in [9.17, 15) is 12.8 Å². The second-order valence-corrected chi connectivity index (χ2v) is 7.11. The summed E-state index contributed by atoms with van der Waals surface area (Å²) >= 11 is 1.40. The third-order valence-electron chi connectivity index (χ3n) is 2.77. The summed E-state index contributed by atoms with van der Waals surface area (Å²) in [6, 6.07) is 3.54. The van der Waals surface area contributed by atoms with Crippen LogP contribution in [0.1, 0.15) is 5.69 Å². The van der Waals surface area contributed by atoms with Gasteiger partial charge in [0.2, 0.25) is 0 Å². The van der Waals surface area contributed by atoms with E-state index < -0.39 is 15.7 Å². The topological polar surface area (TPSA) is 77.5 Å². The van der Waals surface area contributed by atoms with Crippen molar-refractivity contribution in [2.75, 3.05) is 5.73 Å². The smallest absolute Gasteiger partial charge is 0.193 e. The number of hydrogen-bond donors (Lipinski definition) is 1. The molecular weight excluding hydrogens is 301 g/mol. The molecule has 1 aromatic carbocycles. The molecule has 8 heteroatoms. The summed E-state index contributed by atoms with van der Waals surface area (Å²) in [5.41, 5.74) is 5.98. The Kier molecular flexibility index (Phi) is 2.98. The lowest BCUT2D eigenvalue weighted by Gasteiger charge is -2.04. The van der Waals surface area contributed by atoms with E-state index in [1.807, 2.05) is 5.38 Å². The standard InChI is InChI=1S/C12H10FN3O2S2/c13-10-5-8(14)1-2-11(10)20(17,18)7-9-6-16-3-4-19-12(16)15-9/h1-6H,7,14H2. The van der Waals surface area contributed by atoms with E-state index in [-0.39, 0.29) is 16.3 Å². The van der Waals surface area contributed by atoms with E-state index in [2.05, 4.69) is 4.98 Å². The number of nitrogens with two attached hydrogens (primary N) is 1. The van der Waals surface area contributed by atoms with Crippen LogP contribution >= 0.6 is 11.3 Å². The Balaban J connectivity index is 1.97. The molecule has 0 atom stereocenters. The molecular formula is C12H10FN3O2S2. The van der Waals surface area contributed by atoms with Crippen molar-refractivity contribution < 1.29 is 12.8 Å². The zero-order valence-corrected chi connectivity index (χ0v) is 11.8. The van der Waals surface area contributed by atoms with Crippen molar-refractivity contribution in [1.82, 2.24) is 9.38 Å². The molecule has 3 aromatic rings. The van der Waals surface area contributed by atoms with Crippen molar-refractivity contribution >= 4 is 31.8 Å². The number of nitrogen functional groups attached to an aromatic ring is 1. The first-order valence-corrected chi connectivity index (χ1v) is 8.18. The number of nitrogens with zero attached hydrogens (tertiary/aromatic N) is 2. The van der Waals surface area contributed by atoms with Gasteiger partial charge >= 0.3 is 0 Å². The molecule has 0 bridgehead atoms. The van der Waals surface area contributed by atoms with Gasteiger partial charge < -0.3 is 5.73 Å². The average molecular weight is 311 g/mol. The van der Waals surface area contributed by atoms with Gasteiger partial charge in [-0.25, -0.2) is 17.8 Å². The van der Waals surface area contributed by atoms with Crippen LogP contribution < -0.4 is 5.73 Å². The molecule has 0 spiro atoms. The summed E-state index contributed by atoms with van der Waals surface area (Å²) in [4.78, 5) is 4.53. The van der Waals surface area contributed by atoms with Crippen LogP contribution in [0.5, 0.6) is 0 Å². The van der Waals surface area contributed by atoms with Crippen molar-refractivity contribution in [2.45, 2.75) is 10.6 Å². The molecule has 0 saturated carbocycles. The Morgan fingerprint density at radius 2 is 2.20 bits per heavy atom. The summed E-state index contributed by atoms with van der Waals surface area (Å²) in [5, 5.41) is 1.85. The fraction of sp³-hybridized carbons (Fsp3) is 0.0833. The molecule has 0 amide bonds. The second kappa shape index (κ2) is 4.57. The normalized spacial score (nSPS) is 12.1. The summed E-state index contributed by atoms with van der Waals surface area (Å²) in [5.74, 6) is -1.19. The minimum atomic E-state index is -3.79. The van der Waals surface area contributed by atoms with Gasteiger partial charge in [-0.2, -0.15) is 0 Å². The Bertz CT molecular complexity index is 855. The van der Waals surface area contributed by atoms with Gasteiger partial charge in [0.15, 0.2) is 14.8 Å². The number of halogens is 1. The number of rotatable bonds is 3. The third kappa shape index (κ3) is 2.27. The lowest BCUT2D eigenvalue weighted by molar-refractivity contribution is 0.566. The van der Waals surface area contributed by atoms with Crippen molar-refractivity contribution in [2.24, 2.45) is 0 Å². The highest BCUT2D eigenvalue weighted by Gasteiger charge is 2.21. The fourth-order valence-corrected chi connectivity index (χ4v) is 3.92. The van der Waals surface area contributed by atoms with Gasteiger partial charge in [0.1, 0.15) is 10.7 Å². The fourth-order valence-electron chi connectivity index (χ4n) is 1.89. The molecule has 2 N–H and O–H groups in total. The highest BCUT2D eigenvalue weighted by molar-refractivity contribution is 7.90. The number of sulfone groups is 1. The highest BCUT2D eigenvalue weighted by Crippen LogP contribution is 2.22. The molecule has 5 nitrogen and oxygen atoms in total. The number of benzene rings is 1. The maximum atomic E-state index is 13.7. The molecule has 0 aliphatic rings. The first-order valence-electron chi connectivity index (χ1n) is 5.64. The molecule has 0 fully saturated rings. The first kappa shape index (κ1) is 13.1. The van der Waals surface area contributed by atoms with Crippen LogP contribution in [0, 0.1) is 5.82 Å². The Morgan fingerprint density at radius 3 is 2.90 bits per heavy atom. The second-order valence-electron chi connectivity index (χ2n) is 4.27. The lowest BCUT2D eigenvalue weighted by atomic mass is 10.3. The summed E-state index contributed by atoms with van der Waals surface area (Å²) in [7, 11) is -3.79. The van der Waals surface area contributed by atoms with Crippen LogP contribution in [-0.2, 0) is 15.6 Å². The zero-order chi connectivity index (χ0) is 14.3. The van der Waals surface area contributed by atoms with Crippen LogP contribution in [0.4, 0.5) is 10.1 Å². The van der Waals surface area contributed by atoms with Crippen LogP contribution in [0.15, 0.2) is 40.9 Å². The molecule has 3 rings (SSSR count). The maximum Gasteiger partial charge on any atom is 0.193 e. The van der Waals surface area contributed by atoms with Crippen LogP contribution in [-0.4, -0.2) is 17.8 Å². The minimum absolute atomic E-state index is 0.184. The summed E-state index contributed by atoms with van der Waals surface area (Å²) < 4.78 is 39.9. The van der Waals surface area contributed by atoms with Gasteiger partial charge in [-0.3, -0.25) is 4.40 Å². The van der Waals surface area contributed by atoms with Crippen molar-refractivity contribution in [3.63, 3.8) is 0 Å². The number of aromatic nitrogens is 2. The van der Waals surface area contributed by atoms with Gasteiger partial charge in [0, 0.05) is 23.5 Å². The lowest BCUT2D eigenvalue weighted by Crippen LogP contribution is -2.08. The molecule has 0 saturated heterocycles. The van der Waals surface area contributed by atoms with Gasteiger partial charge in [-0.1, -0.05) is 0 Å². The predicted molar refractivity (Wildman–Crippen MR) is 74.8 cm³/mol. The predicted octanol–water partition coefficient (Wildman–Crippen LogP) is 2.09. The Labute approximate surface area is 118 Å². The van der Waals surface area contributed by atoms with Gasteiger partial charge in [-0.05, 0) is 18.2 Å². The Hall–Kier alpha value is -1.93. The molecule has 0 unspecified atom stereocenters. The molecule has 2 aromatic heterocycles. The first-order chi connectivity index (χ1) is 9.45. The van der Waals surface area contributed by atoms with E-state index in [1.165, 1.54) is 23.5 Å². The van der Waals surface area contributed by atoms with Gasteiger partial charge in [0.25, 0.3) is 0 Å². The van der Waals surface area contributed by atoms with E-state index in [0.717, 1.165) is 6.07 Å².